The molecule has 0 radical (unpaired) electrons. The zero-order valence-electron chi connectivity index (χ0n) is 13.1. The van der Waals surface area contributed by atoms with Gasteiger partial charge in [-0.05, 0) is 19.8 Å². The summed E-state index contributed by atoms with van der Waals surface area (Å²) in [5.74, 6) is 2.13. The van der Waals surface area contributed by atoms with Crippen LogP contribution in [0.3, 0.4) is 0 Å². The molecule has 1 aliphatic carbocycles. The molecule has 20 heavy (non-hydrogen) atoms. The molecule has 1 aromatic heterocycles. The van der Waals surface area contributed by atoms with Gasteiger partial charge in [0.15, 0.2) is 0 Å². The Bertz CT molecular complexity index is 428. The van der Waals surface area contributed by atoms with Gasteiger partial charge in [0, 0.05) is 33.7 Å². The van der Waals surface area contributed by atoms with Crippen molar-refractivity contribution in [3.8, 4) is 0 Å². The lowest BCUT2D eigenvalue weighted by molar-refractivity contribution is 0.414. The van der Waals surface area contributed by atoms with E-state index in [-0.39, 0.29) is 0 Å². The topological polar surface area (TPSA) is 57.2 Å². The Kier molecular flexibility index (Phi) is 4.98. The van der Waals surface area contributed by atoms with Crippen molar-refractivity contribution >= 4 is 17.8 Å². The first-order valence-corrected chi connectivity index (χ1v) is 7.53. The SMILES string of the molecule is CCN(c1nc(NC)nc(N(C)C)n1)C1CCCCC1. The minimum Gasteiger partial charge on any atom is -0.357 e. The molecule has 0 unspecified atom stereocenters. The van der Waals surface area contributed by atoms with E-state index in [2.05, 4.69) is 32.1 Å². The molecule has 1 saturated carbocycles. The Morgan fingerprint density at radius 3 is 2.25 bits per heavy atom. The molecule has 0 amide bonds. The van der Waals surface area contributed by atoms with Gasteiger partial charge in [0.05, 0.1) is 0 Å². The molecule has 0 bridgehead atoms. The Labute approximate surface area is 121 Å². The first-order valence-electron chi connectivity index (χ1n) is 7.53. The van der Waals surface area contributed by atoms with E-state index in [0.717, 1.165) is 12.5 Å². The molecule has 112 valence electrons. The third kappa shape index (κ3) is 3.29. The molecule has 6 heteroatoms. The van der Waals surface area contributed by atoms with E-state index < -0.39 is 0 Å². The molecule has 1 aromatic rings. The summed E-state index contributed by atoms with van der Waals surface area (Å²) in [6.07, 6.45) is 6.46. The maximum absolute atomic E-state index is 4.62. The first-order chi connectivity index (χ1) is 9.65. The molecule has 2 rings (SSSR count). The van der Waals surface area contributed by atoms with Gasteiger partial charge in [-0.1, -0.05) is 19.3 Å². The summed E-state index contributed by atoms with van der Waals surface area (Å²) in [5.41, 5.74) is 0. The zero-order chi connectivity index (χ0) is 14.5. The quantitative estimate of drug-likeness (QED) is 0.890. The molecule has 1 fully saturated rings. The second-order valence-corrected chi connectivity index (χ2v) is 5.48. The predicted molar refractivity (Wildman–Crippen MR) is 83.6 cm³/mol. The molecule has 1 heterocycles. The summed E-state index contributed by atoms with van der Waals surface area (Å²) in [6.45, 7) is 3.11. The van der Waals surface area contributed by atoms with Crippen LogP contribution in [0.15, 0.2) is 0 Å². The highest BCUT2D eigenvalue weighted by Crippen LogP contribution is 2.26. The van der Waals surface area contributed by atoms with Crippen LogP contribution in [0.1, 0.15) is 39.0 Å². The number of rotatable bonds is 5. The lowest BCUT2D eigenvalue weighted by atomic mass is 9.94. The Morgan fingerprint density at radius 2 is 1.70 bits per heavy atom. The van der Waals surface area contributed by atoms with E-state index in [1.54, 1.807) is 0 Å². The van der Waals surface area contributed by atoms with E-state index in [4.69, 9.17) is 0 Å². The van der Waals surface area contributed by atoms with Crippen LogP contribution in [-0.4, -0.2) is 48.7 Å². The molecule has 0 spiro atoms. The summed E-state index contributed by atoms with van der Waals surface area (Å²) >= 11 is 0. The minimum absolute atomic E-state index is 0.566. The van der Waals surface area contributed by atoms with Crippen LogP contribution >= 0.6 is 0 Å². The van der Waals surface area contributed by atoms with Crippen LogP contribution in [0, 0.1) is 0 Å². The monoisotopic (exact) mass is 278 g/mol. The second kappa shape index (κ2) is 6.72. The number of hydrogen-bond acceptors (Lipinski definition) is 6. The second-order valence-electron chi connectivity index (χ2n) is 5.48. The van der Waals surface area contributed by atoms with Crippen LogP contribution in [0.5, 0.6) is 0 Å². The Morgan fingerprint density at radius 1 is 1.05 bits per heavy atom. The molecular formula is C14H26N6. The highest BCUT2D eigenvalue weighted by molar-refractivity contribution is 5.44. The lowest BCUT2D eigenvalue weighted by Crippen LogP contribution is -2.38. The third-order valence-electron chi connectivity index (χ3n) is 3.85. The highest BCUT2D eigenvalue weighted by Gasteiger charge is 2.23. The first kappa shape index (κ1) is 14.8. The Hall–Kier alpha value is -1.59. The third-order valence-corrected chi connectivity index (χ3v) is 3.85. The Balaban J connectivity index is 2.29. The fraction of sp³-hybridized carbons (Fsp3) is 0.786. The van der Waals surface area contributed by atoms with Crippen molar-refractivity contribution in [1.82, 2.24) is 15.0 Å². The van der Waals surface area contributed by atoms with E-state index in [0.29, 0.717) is 17.9 Å². The fourth-order valence-corrected chi connectivity index (χ4v) is 2.75. The summed E-state index contributed by atoms with van der Waals surface area (Å²) in [5, 5.41) is 3.03. The van der Waals surface area contributed by atoms with Gasteiger partial charge in [-0.2, -0.15) is 15.0 Å². The van der Waals surface area contributed by atoms with Gasteiger partial charge in [-0.25, -0.2) is 0 Å². The highest BCUT2D eigenvalue weighted by atomic mass is 15.4. The minimum atomic E-state index is 0.566. The molecule has 0 aromatic carbocycles. The van der Waals surface area contributed by atoms with Crippen molar-refractivity contribution in [3.63, 3.8) is 0 Å². The summed E-state index contributed by atoms with van der Waals surface area (Å²) in [6, 6.07) is 0.566. The molecule has 0 atom stereocenters. The van der Waals surface area contributed by atoms with Crippen LogP contribution in [-0.2, 0) is 0 Å². The van der Waals surface area contributed by atoms with Crippen molar-refractivity contribution in [3.05, 3.63) is 0 Å². The summed E-state index contributed by atoms with van der Waals surface area (Å²) < 4.78 is 0. The van der Waals surface area contributed by atoms with Gasteiger partial charge >= 0.3 is 0 Å². The van der Waals surface area contributed by atoms with Gasteiger partial charge in [0.1, 0.15) is 0 Å². The molecular weight excluding hydrogens is 252 g/mol. The number of aromatic nitrogens is 3. The maximum Gasteiger partial charge on any atom is 0.232 e. The van der Waals surface area contributed by atoms with Crippen LogP contribution in [0.2, 0.25) is 0 Å². The van der Waals surface area contributed by atoms with Crippen molar-refractivity contribution in [2.75, 3.05) is 42.8 Å². The number of nitrogens with one attached hydrogen (secondary N) is 1. The smallest absolute Gasteiger partial charge is 0.232 e. The number of anilines is 3. The number of hydrogen-bond donors (Lipinski definition) is 1. The zero-order valence-corrected chi connectivity index (χ0v) is 13.1. The standard InChI is InChI=1S/C14H26N6/c1-5-20(11-9-7-6-8-10-11)14-17-12(15-2)16-13(18-14)19(3)4/h11H,5-10H2,1-4H3,(H,15,16,17,18). The lowest BCUT2D eigenvalue weighted by Gasteiger charge is -2.33. The summed E-state index contributed by atoms with van der Waals surface area (Å²) in [7, 11) is 5.75. The van der Waals surface area contributed by atoms with Gasteiger partial charge in [0.25, 0.3) is 0 Å². The van der Waals surface area contributed by atoms with Crippen molar-refractivity contribution < 1.29 is 0 Å². The van der Waals surface area contributed by atoms with Gasteiger partial charge in [-0.3, -0.25) is 0 Å². The van der Waals surface area contributed by atoms with Gasteiger partial charge < -0.3 is 15.1 Å². The largest absolute Gasteiger partial charge is 0.357 e. The van der Waals surface area contributed by atoms with E-state index >= 15 is 0 Å². The predicted octanol–water partition coefficient (Wildman–Crippen LogP) is 2.14. The average Bonchev–Trinajstić information content (AvgIpc) is 2.48. The molecule has 1 N–H and O–H groups in total. The van der Waals surface area contributed by atoms with E-state index in [9.17, 15) is 0 Å². The van der Waals surface area contributed by atoms with Crippen molar-refractivity contribution in [2.24, 2.45) is 0 Å². The van der Waals surface area contributed by atoms with Crippen molar-refractivity contribution in [1.29, 1.82) is 0 Å². The maximum atomic E-state index is 4.62. The number of nitrogens with zero attached hydrogens (tertiary/aromatic N) is 5. The van der Waals surface area contributed by atoms with E-state index in [1.165, 1.54) is 32.1 Å². The molecule has 1 aliphatic rings. The average molecular weight is 278 g/mol. The summed E-state index contributed by atoms with van der Waals surface area (Å²) in [4.78, 5) is 17.8. The molecule has 0 saturated heterocycles. The molecule has 6 nitrogen and oxygen atoms in total. The van der Waals surface area contributed by atoms with Crippen molar-refractivity contribution in [2.45, 2.75) is 45.1 Å². The fourth-order valence-electron chi connectivity index (χ4n) is 2.75. The van der Waals surface area contributed by atoms with Crippen LogP contribution in [0.25, 0.3) is 0 Å². The van der Waals surface area contributed by atoms with Crippen LogP contribution in [0.4, 0.5) is 17.8 Å². The van der Waals surface area contributed by atoms with E-state index in [1.807, 2.05) is 26.0 Å². The van der Waals surface area contributed by atoms with Gasteiger partial charge in [0.2, 0.25) is 17.8 Å². The van der Waals surface area contributed by atoms with Crippen LogP contribution < -0.4 is 15.1 Å². The normalized spacial score (nSPS) is 16.0. The van der Waals surface area contributed by atoms with Gasteiger partial charge in [-0.15, -0.1) is 0 Å². The molecule has 0 aliphatic heterocycles.